The normalized spacial score (nSPS) is 30.6. The van der Waals surface area contributed by atoms with Crippen LogP contribution in [-0.2, 0) is 32.7 Å². The quantitative estimate of drug-likeness (QED) is 0.668. The standard InChI is InChI=1S/C23H26N4O4/c1-22(2)30-16-17(31-22)21(27-9-8-15-19(24)25-11-26-20(15)27)29-18(16)23(3,28)14-7-6-12-4-5-13(12)10-14/h6-11,16-18,21,28H,4-5H2,1-3H3,(H2,24,25,26)/t16-,17+,18-,21-,23?/m0/s1. The first-order chi connectivity index (χ1) is 14.7. The Morgan fingerprint density at radius 2 is 1.90 bits per heavy atom. The largest absolute Gasteiger partial charge is 0.383 e. The number of hydrogen-bond acceptors (Lipinski definition) is 7. The summed E-state index contributed by atoms with van der Waals surface area (Å²) in [6, 6.07) is 8.04. The van der Waals surface area contributed by atoms with Gasteiger partial charge in [-0.2, -0.15) is 0 Å². The van der Waals surface area contributed by atoms with Gasteiger partial charge >= 0.3 is 0 Å². The van der Waals surface area contributed by atoms with Gasteiger partial charge in [0.15, 0.2) is 12.0 Å². The molecule has 4 heterocycles. The molecule has 1 aliphatic carbocycles. The van der Waals surface area contributed by atoms with Gasteiger partial charge in [0, 0.05) is 6.20 Å². The minimum atomic E-state index is -1.26. The first-order valence-corrected chi connectivity index (χ1v) is 10.7. The number of nitrogens with two attached hydrogens (primary N) is 1. The molecule has 6 rings (SSSR count). The van der Waals surface area contributed by atoms with Crippen LogP contribution in [0.4, 0.5) is 5.82 Å². The van der Waals surface area contributed by atoms with Crippen LogP contribution in [-0.4, -0.2) is 43.7 Å². The van der Waals surface area contributed by atoms with E-state index in [0.717, 1.165) is 23.8 Å². The minimum absolute atomic E-state index is 0.410. The molecular formula is C23H26N4O4. The zero-order valence-corrected chi connectivity index (χ0v) is 17.8. The zero-order valence-electron chi connectivity index (χ0n) is 17.8. The molecule has 1 unspecified atom stereocenters. The molecule has 3 aromatic rings. The highest BCUT2D eigenvalue weighted by molar-refractivity contribution is 5.86. The maximum Gasteiger partial charge on any atom is 0.164 e. The van der Waals surface area contributed by atoms with E-state index in [1.165, 1.54) is 17.5 Å². The average Bonchev–Trinajstić information content (AvgIpc) is 3.34. The molecule has 0 radical (unpaired) electrons. The molecule has 2 aromatic heterocycles. The second-order valence-electron chi connectivity index (χ2n) is 9.36. The fourth-order valence-corrected chi connectivity index (χ4v) is 5.12. The lowest BCUT2D eigenvalue weighted by Crippen LogP contribution is -2.45. The van der Waals surface area contributed by atoms with Gasteiger partial charge in [-0.05, 0) is 56.4 Å². The van der Waals surface area contributed by atoms with Crippen molar-refractivity contribution in [2.75, 3.05) is 5.73 Å². The van der Waals surface area contributed by atoms with Crippen molar-refractivity contribution in [3.05, 3.63) is 53.5 Å². The Morgan fingerprint density at radius 1 is 1.13 bits per heavy atom. The van der Waals surface area contributed by atoms with Crippen LogP contribution in [0.15, 0.2) is 36.8 Å². The number of rotatable bonds is 3. The van der Waals surface area contributed by atoms with E-state index in [0.29, 0.717) is 11.5 Å². The fourth-order valence-electron chi connectivity index (χ4n) is 5.12. The lowest BCUT2D eigenvalue weighted by atomic mass is 9.81. The molecule has 3 aliphatic rings. The smallest absolute Gasteiger partial charge is 0.164 e. The molecule has 1 aromatic carbocycles. The number of nitrogens with zero attached hydrogens (tertiary/aromatic N) is 3. The highest BCUT2D eigenvalue weighted by atomic mass is 16.8. The molecule has 2 saturated heterocycles. The molecule has 8 heteroatoms. The summed E-state index contributed by atoms with van der Waals surface area (Å²) in [5, 5.41) is 12.4. The number of aliphatic hydroxyl groups is 1. The number of benzene rings is 1. The van der Waals surface area contributed by atoms with E-state index in [9.17, 15) is 5.11 Å². The van der Waals surface area contributed by atoms with E-state index < -0.39 is 35.9 Å². The molecule has 31 heavy (non-hydrogen) atoms. The lowest BCUT2D eigenvalue weighted by Gasteiger charge is -2.35. The van der Waals surface area contributed by atoms with Crippen LogP contribution in [0, 0.1) is 0 Å². The van der Waals surface area contributed by atoms with Crippen molar-refractivity contribution >= 4 is 16.9 Å². The summed E-state index contributed by atoms with van der Waals surface area (Å²) in [6.07, 6.45) is 3.44. The number of hydrogen-bond donors (Lipinski definition) is 2. The van der Waals surface area contributed by atoms with Crippen LogP contribution >= 0.6 is 0 Å². The molecule has 3 N–H and O–H groups in total. The third-order valence-electron chi connectivity index (χ3n) is 6.85. The third kappa shape index (κ3) is 2.75. The highest BCUT2D eigenvalue weighted by Crippen LogP contribution is 2.49. The number of aromatic nitrogens is 3. The summed E-state index contributed by atoms with van der Waals surface area (Å²) in [5.41, 5.74) is 8.88. The fraction of sp³-hybridized carbons (Fsp3) is 0.478. The van der Waals surface area contributed by atoms with Gasteiger partial charge < -0.3 is 29.6 Å². The summed E-state index contributed by atoms with van der Waals surface area (Å²) >= 11 is 0. The predicted molar refractivity (Wildman–Crippen MR) is 113 cm³/mol. The summed E-state index contributed by atoms with van der Waals surface area (Å²) in [4.78, 5) is 8.47. The zero-order chi connectivity index (χ0) is 21.5. The van der Waals surface area contributed by atoms with E-state index >= 15 is 0 Å². The van der Waals surface area contributed by atoms with E-state index in [1.807, 2.05) is 36.7 Å². The van der Waals surface area contributed by atoms with Crippen molar-refractivity contribution in [2.45, 2.75) is 69.5 Å². The number of fused-ring (bicyclic) bond motifs is 3. The van der Waals surface area contributed by atoms with E-state index in [4.69, 9.17) is 19.9 Å². The summed E-state index contributed by atoms with van der Waals surface area (Å²) in [7, 11) is 0. The Kier molecular flexibility index (Phi) is 3.87. The Hall–Kier alpha value is -2.52. The maximum absolute atomic E-state index is 11.7. The van der Waals surface area contributed by atoms with Crippen LogP contribution in [0.5, 0.6) is 0 Å². The number of anilines is 1. The monoisotopic (exact) mass is 422 g/mol. The molecule has 2 aliphatic heterocycles. The topological polar surface area (TPSA) is 105 Å². The molecule has 2 fully saturated rings. The van der Waals surface area contributed by atoms with Crippen molar-refractivity contribution in [3.63, 3.8) is 0 Å². The van der Waals surface area contributed by atoms with Gasteiger partial charge in [0.1, 0.15) is 41.7 Å². The number of ether oxygens (including phenoxy) is 3. The SMILES string of the molecule is CC1(C)O[C@@H]2[C@H](O1)[C@@H](C(C)(O)c1ccc3c(c1)CC3)O[C@@H]2n1ccc2c(N)ncnc21. The number of nitrogen functional groups attached to an aromatic ring is 1. The van der Waals surface area contributed by atoms with Crippen LogP contribution in [0.2, 0.25) is 0 Å². The lowest BCUT2D eigenvalue weighted by molar-refractivity contribution is -0.221. The van der Waals surface area contributed by atoms with Gasteiger partial charge in [0.2, 0.25) is 0 Å². The van der Waals surface area contributed by atoms with Crippen LogP contribution < -0.4 is 5.73 Å². The summed E-state index contributed by atoms with van der Waals surface area (Å²) < 4.78 is 20.9. The summed E-state index contributed by atoms with van der Waals surface area (Å²) in [6.45, 7) is 5.56. The molecule has 0 saturated carbocycles. The van der Waals surface area contributed by atoms with Gasteiger partial charge in [-0.3, -0.25) is 0 Å². The van der Waals surface area contributed by atoms with Crippen molar-refractivity contribution in [2.24, 2.45) is 0 Å². The van der Waals surface area contributed by atoms with Crippen LogP contribution in [0.1, 0.15) is 43.7 Å². The number of aryl methyl sites for hydroxylation is 2. The summed E-state index contributed by atoms with van der Waals surface area (Å²) in [5.74, 6) is -0.379. The van der Waals surface area contributed by atoms with Gasteiger partial charge in [-0.15, -0.1) is 0 Å². The maximum atomic E-state index is 11.7. The van der Waals surface area contributed by atoms with Crippen LogP contribution in [0.25, 0.3) is 11.0 Å². The van der Waals surface area contributed by atoms with E-state index in [1.54, 1.807) is 6.92 Å². The van der Waals surface area contributed by atoms with Crippen molar-refractivity contribution in [1.82, 2.24) is 14.5 Å². The van der Waals surface area contributed by atoms with E-state index in [-0.39, 0.29) is 0 Å². The second-order valence-corrected chi connectivity index (χ2v) is 9.36. The van der Waals surface area contributed by atoms with Gasteiger partial charge in [0.05, 0.1) is 5.39 Å². The van der Waals surface area contributed by atoms with Crippen LogP contribution in [0.3, 0.4) is 0 Å². The van der Waals surface area contributed by atoms with Gasteiger partial charge in [-0.1, -0.05) is 18.2 Å². The first-order valence-electron chi connectivity index (χ1n) is 10.7. The van der Waals surface area contributed by atoms with Gasteiger partial charge in [0.25, 0.3) is 0 Å². The van der Waals surface area contributed by atoms with Crippen molar-refractivity contribution in [3.8, 4) is 0 Å². The molecular weight excluding hydrogens is 396 g/mol. The molecule has 5 atom stereocenters. The minimum Gasteiger partial charge on any atom is -0.383 e. The third-order valence-corrected chi connectivity index (χ3v) is 6.85. The van der Waals surface area contributed by atoms with E-state index in [2.05, 4.69) is 22.1 Å². The average molecular weight is 422 g/mol. The Balaban J connectivity index is 1.42. The molecule has 0 amide bonds. The molecule has 0 spiro atoms. The predicted octanol–water partition coefficient (Wildman–Crippen LogP) is 2.44. The van der Waals surface area contributed by atoms with Crippen molar-refractivity contribution in [1.29, 1.82) is 0 Å². The molecule has 8 nitrogen and oxygen atoms in total. The highest BCUT2D eigenvalue weighted by Gasteiger charge is 2.60. The van der Waals surface area contributed by atoms with Crippen molar-refractivity contribution < 1.29 is 19.3 Å². The molecule has 0 bridgehead atoms. The molecule has 162 valence electrons. The Morgan fingerprint density at radius 3 is 2.65 bits per heavy atom. The second kappa shape index (κ2) is 6.26. The Labute approximate surface area is 180 Å². The first kappa shape index (κ1) is 19.2. The van der Waals surface area contributed by atoms with Gasteiger partial charge in [-0.25, -0.2) is 9.97 Å². The Bertz CT molecular complexity index is 1190.